The largest absolute Gasteiger partial charge is 0.392 e. The Labute approximate surface area is 126 Å². The molecule has 1 aliphatic carbocycles. The van der Waals surface area contributed by atoms with Gasteiger partial charge in [0.15, 0.2) is 0 Å². The van der Waals surface area contributed by atoms with E-state index in [-0.39, 0.29) is 5.56 Å². The van der Waals surface area contributed by atoms with Gasteiger partial charge in [-0.2, -0.15) is 5.10 Å². The Kier molecular flexibility index (Phi) is 5.17. The standard InChI is InChI=1S/C13H21BrN4O2/c1-8(19)11(15)6-16-12-10(14)5-17-18(13(12)20)7-9-3-2-4-9/h5,8-9,11,16,19H,2-4,6-7,15H2,1H3. The van der Waals surface area contributed by atoms with Crippen molar-refractivity contribution in [2.24, 2.45) is 11.7 Å². The second-order valence-corrected chi connectivity index (χ2v) is 6.29. The molecule has 6 nitrogen and oxygen atoms in total. The predicted molar refractivity (Wildman–Crippen MR) is 81.7 cm³/mol. The quantitative estimate of drug-likeness (QED) is 0.713. The fourth-order valence-corrected chi connectivity index (χ4v) is 2.47. The van der Waals surface area contributed by atoms with E-state index in [0.29, 0.717) is 29.2 Å². The highest BCUT2D eigenvalue weighted by molar-refractivity contribution is 9.10. The first kappa shape index (κ1) is 15.5. The molecule has 0 spiro atoms. The number of hydrogen-bond acceptors (Lipinski definition) is 5. The zero-order valence-electron chi connectivity index (χ0n) is 11.6. The van der Waals surface area contributed by atoms with Crippen LogP contribution in [-0.2, 0) is 6.54 Å². The van der Waals surface area contributed by atoms with Gasteiger partial charge in [-0.05, 0) is 41.6 Å². The van der Waals surface area contributed by atoms with E-state index in [1.165, 1.54) is 23.9 Å². The highest BCUT2D eigenvalue weighted by Gasteiger charge is 2.20. The van der Waals surface area contributed by atoms with Gasteiger partial charge in [0.05, 0.1) is 16.8 Å². The first-order chi connectivity index (χ1) is 9.49. The maximum absolute atomic E-state index is 12.4. The summed E-state index contributed by atoms with van der Waals surface area (Å²) in [7, 11) is 0. The lowest BCUT2D eigenvalue weighted by Gasteiger charge is -2.25. The van der Waals surface area contributed by atoms with Gasteiger partial charge in [-0.15, -0.1) is 0 Å². The normalized spacial score (nSPS) is 18.4. The van der Waals surface area contributed by atoms with Gasteiger partial charge in [0.2, 0.25) is 0 Å². The van der Waals surface area contributed by atoms with Crippen LogP contribution in [0.2, 0.25) is 0 Å². The Morgan fingerprint density at radius 1 is 1.65 bits per heavy atom. The number of aliphatic hydroxyl groups excluding tert-OH is 1. The number of hydrogen-bond donors (Lipinski definition) is 3. The van der Waals surface area contributed by atoms with Gasteiger partial charge in [-0.25, -0.2) is 4.68 Å². The van der Waals surface area contributed by atoms with Gasteiger partial charge in [-0.1, -0.05) is 6.42 Å². The Hall–Kier alpha value is -0.920. The molecule has 112 valence electrons. The van der Waals surface area contributed by atoms with Crippen molar-refractivity contribution >= 4 is 21.6 Å². The molecule has 1 aliphatic rings. The van der Waals surface area contributed by atoms with E-state index < -0.39 is 12.1 Å². The van der Waals surface area contributed by atoms with E-state index in [9.17, 15) is 9.90 Å². The first-order valence-corrected chi connectivity index (χ1v) is 7.71. The molecule has 2 atom stereocenters. The van der Waals surface area contributed by atoms with Gasteiger partial charge in [0.25, 0.3) is 5.56 Å². The lowest BCUT2D eigenvalue weighted by molar-refractivity contribution is 0.168. The monoisotopic (exact) mass is 344 g/mol. The molecule has 1 heterocycles. The van der Waals surface area contributed by atoms with Crippen molar-refractivity contribution in [3.8, 4) is 0 Å². The van der Waals surface area contributed by atoms with Crippen LogP contribution in [0.3, 0.4) is 0 Å². The molecular formula is C13H21BrN4O2. The van der Waals surface area contributed by atoms with Crippen LogP contribution >= 0.6 is 15.9 Å². The Bertz CT molecular complexity index is 514. The zero-order chi connectivity index (χ0) is 14.7. The van der Waals surface area contributed by atoms with Crippen LogP contribution in [-0.4, -0.2) is 33.6 Å². The molecule has 1 aromatic heterocycles. The maximum Gasteiger partial charge on any atom is 0.291 e. The molecule has 2 rings (SSSR count). The van der Waals surface area contributed by atoms with Crippen molar-refractivity contribution in [2.45, 2.75) is 44.9 Å². The summed E-state index contributed by atoms with van der Waals surface area (Å²) < 4.78 is 2.12. The lowest BCUT2D eigenvalue weighted by Crippen LogP contribution is -2.40. The molecule has 2 unspecified atom stereocenters. The number of rotatable bonds is 6. The van der Waals surface area contributed by atoms with Gasteiger partial charge >= 0.3 is 0 Å². The van der Waals surface area contributed by atoms with Crippen molar-refractivity contribution < 1.29 is 5.11 Å². The van der Waals surface area contributed by atoms with Crippen LogP contribution < -0.4 is 16.6 Å². The maximum atomic E-state index is 12.4. The molecule has 7 heteroatoms. The van der Waals surface area contributed by atoms with Crippen LogP contribution in [0, 0.1) is 5.92 Å². The third kappa shape index (κ3) is 3.59. The topological polar surface area (TPSA) is 93.2 Å². The highest BCUT2D eigenvalue weighted by Crippen LogP contribution is 2.27. The number of nitrogens with one attached hydrogen (secondary N) is 1. The van der Waals surface area contributed by atoms with Crippen molar-refractivity contribution in [3.63, 3.8) is 0 Å². The van der Waals surface area contributed by atoms with E-state index >= 15 is 0 Å². The summed E-state index contributed by atoms with van der Waals surface area (Å²) >= 11 is 3.32. The SMILES string of the molecule is CC(O)C(N)CNc1c(Br)cnn(CC2CCC2)c1=O. The molecule has 1 saturated carbocycles. The molecule has 0 bridgehead atoms. The van der Waals surface area contributed by atoms with Crippen LogP contribution in [0.4, 0.5) is 5.69 Å². The van der Waals surface area contributed by atoms with Crippen molar-refractivity contribution in [3.05, 3.63) is 21.0 Å². The number of aromatic nitrogens is 2. The fraction of sp³-hybridized carbons (Fsp3) is 0.692. The summed E-state index contributed by atoms with van der Waals surface area (Å²) in [4.78, 5) is 12.4. The molecule has 0 saturated heterocycles. The molecule has 0 aromatic carbocycles. The van der Waals surface area contributed by atoms with Crippen LogP contribution in [0.1, 0.15) is 26.2 Å². The van der Waals surface area contributed by atoms with Crippen molar-refractivity contribution in [1.82, 2.24) is 9.78 Å². The minimum Gasteiger partial charge on any atom is -0.392 e. The van der Waals surface area contributed by atoms with E-state index in [4.69, 9.17) is 5.73 Å². The first-order valence-electron chi connectivity index (χ1n) is 6.92. The summed E-state index contributed by atoms with van der Waals surface area (Å²) in [6, 6.07) is -0.422. The van der Waals surface area contributed by atoms with Crippen LogP contribution in [0.25, 0.3) is 0 Å². The number of nitrogens with two attached hydrogens (primary N) is 1. The van der Waals surface area contributed by atoms with Gasteiger partial charge in [0, 0.05) is 19.1 Å². The van der Waals surface area contributed by atoms with Crippen molar-refractivity contribution in [1.29, 1.82) is 0 Å². The smallest absolute Gasteiger partial charge is 0.291 e. The Morgan fingerprint density at radius 2 is 2.35 bits per heavy atom. The second-order valence-electron chi connectivity index (χ2n) is 5.44. The third-order valence-corrected chi connectivity index (χ3v) is 4.39. The molecule has 0 radical (unpaired) electrons. The number of aliphatic hydroxyl groups is 1. The number of halogens is 1. The van der Waals surface area contributed by atoms with Crippen molar-refractivity contribution in [2.75, 3.05) is 11.9 Å². The van der Waals surface area contributed by atoms with E-state index in [0.717, 1.165) is 0 Å². The average molecular weight is 345 g/mol. The van der Waals surface area contributed by atoms with Gasteiger partial charge in [-0.3, -0.25) is 4.79 Å². The fourth-order valence-electron chi connectivity index (χ4n) is 2.07. The van der Waals surface area contributed by atoms with E-state index in [1.807, 2.05) is 0 Å². The molecule has 20 heavy (non-hydrogen) atoms. The van der Waals surface area contributed by atoms with Crippen LogP contribution in [0.15, 0.2) is 15.5 Å². The summed E-state index contributed by atoms with van der Waals surface area (Å²) in [6.07, 6.45) is 4.57. The molecular weight excluding hydrogens is 324 g/mol. The Balaban J connectivity index is 2.10. The third-order valence-electron chi connectivity index (χ3n) is 3.79. The molecule has 1 fully saturated rings. The molecule has 0 aliphatic heterocycles. The summed E-state index contributed by atoms with van der Waals surface area (Å²) in [5, 5.41) is 16.5. The summed E-state index contributed by atoms with van der Waals surface area (Å²) in [6.45, 7) is 2.63. The van der Waals surface area contributed by atoms with Gasteiger partial charge < -0.3 is 16.2 Å². The molecule has 1 aromatic rings. The van der Waals surface area contributed by atoms with Crippen LogP contribution in [0.5, 0.6) is 0 Å². The number of anilines is 1. The Morgan fingerprint density at radius 3 is 2.90 bits per heavy atom. The van der Waals surface area contributed by atoms with E-state index in [1.54, 1.807) is 13.1 Å². The zero-order valence-corrected chi connectivity index (χ0v) is 13.1. The minimum absolute atomic E-state index is 0.149. The summed E-state index contributed by atoms with van der Waals surface area (Å²) in [5.74, 6) is 0.564. The average Bonchev–Trinajstić information content (AvgIpc) is 2.35. The highest BCUT2D eigenvalue weighted by atomic mass is 79.9. The molecule has 0 amide bonds. The summed E-state index contributed by atoms with van der Waals surface area (Å²) in [5.41, 5.74) is 6.07. The molecule has 4 N–H and O–H groups in total. The lowest BCUT2D eigenvalue weighted by atomic mass is 9.85. The second kappa shape index (κ2) is 6.69. The van der Waals surface area contributed by atoms with E-state index in [2.05, 4.69) is 26.3 Å². The minimum atomic E-state index is -0.625. The number of nitrogens with zero attached hydrogens (tertiary/aromatic N) is 2. The van der Waals surface area contributed by atoms with Gasteiger partial charge in [0.1, 0.15) is 5.69 Å². The predicted octanol–water partition coefficient (Wildman–Crippen LogP) is 0.926.